The minimum Gasteiger partial charge on any atom is -0.497 e. The van der Waals surface area contributed by atoms with Crippen LogP contribution in [0.3, 0.4) is 0 Å². The molecular weight excluding hydrogens is 480 g/mol. The van der Waals surface area contributed by atoms with Crippen LogP contribution >= 0.6 is 11.8 Å². The smallest absolute Gasteiger partial charge is 0.161 e. The first-order chi connectivity index (χ1) is 17.2. The Bertz CT molecular complexity index is 1020. The van der Waals surface area contributed by atoms with Crippen LogP contribution in [0.15, 0.2) is 53.5 Å². The third-order valence-electron chi connectivity index (χ3n) is 6.28. The molecule has 0 saturated carbocycles. The maximum absolute atomic E-state index is 11.1. The number of hydrogen-bond acceptors (Lipinski definition) is 9. The molecule has 2 aliphatic heterocycles. The Balaban J connectivity index is 1.60. The highest BCUT2D eigenvalue weighted by Gasteiger charge is 2.54. The summed E-state index contributed by atoms with van der Waals surface area (Å²) in [5, 5.41) is 12.0. The van der Waals surface area contributed by atoms with E-state index in [0.717, 1.165) is 27.8 Å². The van der Waals surface area contributed by atoms with E-state index in [0.29, 0.717) is 13.2 Å². The van der Waals surface area contributed by atoms with Crippen molar-refractivity contribution < 1.29 is 28.8 Å². The molecule has 2 aliphatic rings. The van der Waals surface area contributed by atoms with E-state index in [-0.39, 0.29) is 11.5 Å². The van der Waals surface area contributed by atoms with Crippen LogP contribution in [0.25, 0.3) is 0 Å². The second-order valence-electron chi connectivity index (χ2n) is 9.74. The fraction of sp³-hybridized carbons (Fsp3) is 0.519. The van der Waals surface area contributed by atoms with Gasteiger partial charge in [0, 0.05) is 14.1 Å². The lowest BCUT2D eigenvalue weighted by molar-refractivity contribution is -0.237. The summed E-state index contributed by atoms with van der Waals surface area (Å²) in [6.07, 6.45) is -1.58. The molecule has 9 heteroatoms. The second kappa shape index (κ2) is 11.4. The van der Waals surface area contributed by atoms with Crippen LogP contribution < -0.4 is 9.47 Å². The predicted octanol–water partition coefficient (Wildman–Crippen LogP) is 3.70. The Morgan fingerprint density at radius 1 is 0.889 bits per heavy atom. The number of benzene rings is 2. The molecule has 4 rings (SSSR count). The normalized spacial score (nSPS) is 25.8. The molecule has 1 fully saturated rings. The van der Waals surface area contributed by atoms with Gasteiger partial charge in [0.15, 0.2) is 5.17 Å². The third-order valence-corrected chi connectivity index (χ3v) is 7.58. The molecule has 0 unspecified atom stereocenters. The number of ether oxygens (including phenoxy) is 5. The highest BCUT2D eigenvalue weighted by Crippen LogP contribution is 2.42. The molecule has 0 bridgehead atoms. The van der Waals surface area contributed by atoms with Crippen LogP contribution in [0, 0.1) is 0 Å². The highest BCUT2D eigenvalue weighted by molar-refractivity contribution is 8.14. The molecule has 2 heterocycles. The van der Waals surface area contributed by atoms with Crippen LogP contribution in [-0.2, 0) is 27.4 Å². The van der Waals surface area contributed by atoms with Gasteiger partial charge in [0.2, 0.25) is 0 Å². The zero-order chi connectivity index (χ0) is 25.9. The van der Waals surface area contributed by atoms with E-state index in [4.69, 9.17) is 28.7 Å². The van der Waals surface area contributed by atoms with E-state index in [9.17, 15) is 5.11 Å². The summed E-state index contributed by atoms with van der Waals surface area (Å²) in [5.74, 6) is 1.58. The zero-order valence-corrected chi connectivity index (χ0v) is 22.5. The van der Waals surface area contributed by atoms with Gasteiger partial charge in [-0.2, -0.15) is 0 Å². The van der Waals surface area contributed by atoms with Crippen LogP contribution in [0.5, 0.6) is 11.5 Å². The molecular formula is C27H36N2O6S. The first kappa shape index (κ1) is 26.8. The second-order valence-corrected chi connectivity index (χ2v) is 10.8. The SMILES string of the molecule is COc1ccc(CO[C@@H]2[C@H]3N=C(N(C)C)S[C@H]3O[C@H](C(C)(C)O)[C@H]2OCc2ccc(OC)cc2)cc1. The molecule has 0 spiro atoms. The zero-order valence-electron chi connectivity index (χ0n) is 21.7. The van der Waals surface area contributed by atoms with Crippen molar-refractivity contribution >= 4 is 16.9 Å². The van der Waals surface area contributed by atoms with E-state index < -0.39 is 23.9 Å². The van der Waals surface area contributed by atoms with Crippen LogP contribution in [0.2, 0.25) is 0 Å². The van der Waals surface area contributed by atoms with E-state index in [1.807, 2.05) is 67.5 Å². The summed E-state index contributed by atoms with van der Waals surface area (Å²) < 4.78 is 30.0. The minimum atomic E-state index is -1.15. The number of fused-ring (bicyclic) bond motifs is 1. The number of amidine groups is 1. The molecule has 36 heavy (non-hydrogen) atoms. The molecule has 1 N–H and O–H groups in total. The van der Waals surface area contributed by atoms with Crippen molar-refractivity contribution in [2.75, 3.05) is 28.3 Å². The van der Waals surface area contributed by atoms with E-state index in [1.165, 1.54) is 0 Å². The van der Waals surface area contributed by atoms with Crippen molar-refractivity contribution in [1.29, 1.82) is 0 Å². The van der Waals surface area contributed by atoms with E-state index in [2.05, 4.69) is 0 Å². The van der Waals surface area contributed by atoms with Crippen molar-refractivity contribution in [1.82, 2.24) is 4.90 Å². The van der Waals surface area contributed by atoms with Crippen molar-refractivity contribution in [2.45, 2.75) is 62.5 Å². The van der Waals surface area contributed by atoms with Crippen molar-refractivity contribution in [3.63, 3.8) is 0 Å². The number of aliphatic hydroxyl groups is 1. The van der Waals surface area contributed by atoms with Gasteiger partial charge in [-0.05, 0) is 49.2 Å². The molecule has 5 atom stereocenters. The van der Waals surface area contributed by atoms with Gasteiger partial charge in [0.25, 0.3) is 0 Å². The van der Waals surface area contributed by atoms with Crippen LogP contribution in [-0.4, -0.2) is 78.9 Å². The molecule has 2 aromatic carbocycles. The first-order valence-electron chi connectivity index (χ1n) is 12.0. The molecule has 0 radical (unpaired) electrons. The molecule has 1 saturated heterocycles. The molecule has 2 aromatic rings. The largest absolute Gasteiger partial charge is 0.497 e. The Morgan fingerprint density at radius 3 is 1.83 bits per heavy atom. The number of thioether (sulfide) groups is 1. The lowest BCUT2D eigenvalue weighted by Gasteiger charge is -2.46. The van der Waals surface area contributed by atoms with E-state index >= 15 is 0 Å². The Hall–Kier alpha value is -2.30. The fourth-order valence-corrected chi connectivity index (χ4v) is 5.44. The molecule has 0 aliphatic carbocycles. The average molecular weight is 517 g/mol. The average Bonchev–Trinajstić information content (AvgIpc) is 3.30. The molecule has 196 valence electrons. The van der Waals surface area contributed by atoms with Gasteiger partial charge in [0.05, 0.1) is 33.0 Å². The van der Waals surface area contributed by atoms with Crippen molar-refractivity contribution in [3.05, 3.63) is 59.7 Å². The van der Waals surface area contributed by atoms with Gasteiger partial charge >= 0.3 is 0 Å². The summed E-state index contributed by atoms with van der Waals surface area (Å²) >= 11 is 1.55. The Kier molecular flexibility index (Phi) is 8.47. The van der Waals surface area contributed by atoms with Gasteiger partial charge < -0.3 is 33.7 Å². The Morgan fingerprint density at radius 2 is 1.39 bits per heavy atom. The first-order valence-corrected chi connectivity index (χ1v) is 12.9. The van der Waals surface area contributed by atoms with Gasteiger partial charge in [-0.25, -0.2) is 0 Å². The molecule has 8 nitrogen and oxygen atoms in total. The van der Waals surface area contributed by atoms with Crippen molar-refractivity contribution in [3.8, 4) is 11.5 Å². The predicted molar refractivity (Wildman–Crippen MR) is 141 cm³/mol. The molecule has 0 aromatic heterocycles. The summed E-state index contributed by atoms with van der Waals surface area (Å²) in [7, 11) is 7.21. The minimum absolute atomic E-state index is 0.273. The lowest BCUT2D eigenvalue weighted by Crippen LogP contribution is -2.62. The number of rotatable bonds is 9. The number of nitrogens with zero attached hydrogens (tertiary/aromatic N) is 2. The summed E-state index contributed by atoms with van der Waals surface area (Å²) in [5.41, 5.74) is 0.564. The van der Waals surface area contributed by atoms with Gasteiger partial charge in [-0.3, -0.25) is 4.99 Å². The Labute approximate surface area is 217 Å². The molecule has 0 amide bonds. The number of aliphatic imine (C=N–C) groups is 1. The lowest BCUT2D eigenvalue weighted by atomic mass is 9.88. The number of methoxy groups -OCH3 is 2. The summed E-state index contributed by atoms with van der Waals surface area (Å²) in [6, 6.07) is 15.2. The van der Waals surface area contributed by atoms with Crippen molar-refractivity contribution in [2.24, 2.45) is 4.99 Å². The van der Waals surface area contributed by atoms with Gasteiger partial charge in [-0.15, -0.1) is 0 Å². The summed E-state index contributed by atoms with van der Waals surface area (Å²) in [4.78, 5) is 6.90. The van der Waals surface area contributed by atoms with Crippen LogP contribution in [0.1, 0.15) is 25.0 Å². The maximum atomic E-state index is 11.1. The quantitative estimate of drug-likeness (QED) is 0.540. The van der Waals surface area contributed by atoms with E-state index in [1.54, 1.807) is 39.8 Å². The summed E-state index contributed by atoms with van der Waals surface area (Å²) in [6.45, 7) is 4.20. The monoisotopic (exact) mass is 516 g/mol. The standard InChI is InChI=1S/C27H36N2O6S/c1-27(2,30)24-23(34-16-18-9-13-20(32-6)14-10-18)22(21-25(35-24)36-26(28-21)29(3)4)33-15-17-7-11-19(31-5)12-8-17/h7-14,21-25,30H,15-16H2,1-6H3/t21-,22-,23+,24+,25-/m1/s1. The number of hydrogen-bond donors (Lipinski definition) is 1. The van der Waals surface area contributed by atoms with Gasteiger partial charge in [-0.1, -0.05) is 36.0 Å². The third kappa shape index (κ3) is 6.15. The van der Waals surface area contributed by atoms with Crippen LogP contribution in [0.4, 0.5) is 0 Å². The van der Waals surface area contributed by atoms with Gasteiger partial charge in [0.1, 0.15) is 41.3 Å². The maximum Gasteiger partial charge on any atom is 0.161 e. The topological polar surface area (TPSA) is 82.0 Å². The fourth-order valence-electron chi connectivity index (χ4n) is 4.31. The highest BCUT2D eigenvalue weighted by atomic mass is 32.2.